The Morgan fingerprint density at radius 1 is 0.850 bits per heavy atom. The molecule has 0 aliphatic heterocycles. The van der Waals surface area contributed by atoms with Crippen LogP contribution in [0.25, 0.3) is 38.8 Å². The van der Waals surface area contributed by atoms with Crippen LogP contribution in [0.4, 0.5) is 11.8 Å². The van der Waals surface area contributed by atoms with Gasteiger partial charge in [-0.2, -0.15) is 0 Å². The number of amides is 1. The Balaban J connectivity index is 1.09. The van der Waals surface area contributed by atoms with Gasteiger partial charge < -0.3 is 20.2 Å². The molecular formula is C30H25N9O. The van der Waals surface area contributed by atoms with Crippen molar-refractivity contribution in [1.29, 1.82) is 0 Å². The Hall–Kier alpha value is -5.51. The first kappa shape index (κ1) is 23.6. The first-order valence-electron chi connectivity index (χ1n) is 12.9. The van der Waals surface area contributed by atoms with E-state index in [0.717, 1.165) is 44.4 Å². The second-order valence-corrected chi connectivity index (χ2v) is 9.58. The predicted octanol–water partition coefficient (Wildman–Crippen LogP) is 4.79. The zero-order valence-electron chi connectivity index (χ0n) is 21.7. The molecule has 0 bridgehead atoms. The van der Waals surface area contributed by atoms with Gasteiger partial charge in [-0.1, -0.05) is 42.5 Å². The molecule has 7 rings (SSSR count). The zero-order chi connectivity index (χ0) is 27.1. The molecule has 0 unspecified atom stereocenters. The van der Waals surface area contributed by atoms with Gasteiger partial charge in [0, 0.05) is 18.6 Å². The van der Waals surface area contributed by atoms with Gasteiger partial charge >= 0.3 is 0 Å². The number of imidazole rings is 2. The number of carbonyl (C=O) groups excluding carboxylic acids is 1. The van der Waals surface area contributed by atoms with Crippen molar-refractivity contribution in [2.45, 2.75) is 13.0 Å². The van der Waals surface area contributed by atoms with Gasteiger partial charge in [-0.25, -0.2) is 9.97 Å². The summed E-state index contributed by atoms with van der Waals surface area (Å²) in [6, 6.07) is 27.5. The number of benzene rings is 3. The first-order chi connectivity index (χ1) is 19.6. The summed E-state index contributed by atoms with van der Waals surface area (Å²) in [4.78, 5) is 25.3. The molecule has 7 aromatic rings. The Morgan fingerprint density at radius 2 is 1.62 bits per heavy atom. The lowest BCUT2D eigenvalue weighted by atomic mass is 10.1. The molecule has 0 atom stereocenters. The van der Waals surface area contributed by atoms with E-state index >= 15 is 0 Å². The second-order valence-electron chi connectivity index (χ2n) is 9.58. The number of aromatic amines is 1. The normalized spacial score (nSPS) is 11.4. The first-order valence-corrected chi connectivity index (χ1v) is 12.9. The van der Waals surface area contributed by atoms with Crippen molar-refractivity contribution in [2.75, 3.05) is 5.32 Å². The number of aromatic nitrogens is 7. The van der Waals surface area contributed by atoms with E-state index in [2.05, 4.69) is 35.8 Å². The molecule has 0 aliphatic rings. The highest BCUT2D eigenvalue weighted by molar-refractivity contribution is 5.90. The number of fused-ring (bicyclic) bond motifs is 3. The van der Waals surface area contributed by atoms with E-state index in [9.17, 15) is 4.79 Å². The van der Waals surface area contributed by atoms with Crippen molar-refractivity contribution in [3.8, 4) is 5.82 Å². The molecule has 3 aromatic carbocycles. The number of anilines is 2. The van der Waals surface area contributed by atoms with E-state index in [1.165, 1.54) is 0 Å². The van der Waals surface area contributed by atoms with Crippen LogP contribution < -0.4 is 10.6 Å². The number of carbonyl (C=O) groups is 1. The van der Waals surface area contributed by atoms with E-state index in [1.807, 2.05) is 107 Å². The van der Waals surface area contributed by atoms with Crippen LogP contribution in [0.3, 0.4) is 0 Å². The molecule has 4 heterocycles. The smallest absolute Gasteiger partial charge is 0.224 e. The number of nitrogens with zero attached hydrogens (tertiary/aromatic N) is 6. The van der Waals surface area contributed by atoms with E-state index in [0.29, 0.717) is 24.1 Å². The molecule has 0 aliphatic carbocycles. The highest BCUT2D eigenvalue weighted by Gasteiger charge is 2.15. The van der Waals surface area contributed by atoms with Gasteiger partial charge in [-0.15, -0.1) is 10.2 Å². The summed E-state index contributed by atoms with van der Waals surface area (Å²) in [5.74, 6) is 2.56. The van der Waals surface area contributed by atoms with Crippen LogP contribution in [0.5, 0.6) is 0 Å². The van der Waals surface area contributed by atoms with Gasteiger partial charge in [-0.3, -0.25) is 9.36 Å². The molecule has 0 fully saturated rings. The molecule has 10 heteroatoms. The standard InChI is InChI=1S/C30H25N9O/c1-38-25-13-7-5-11-23(25)34-30(38)35-26-14-15-28(37-36-26)39-18-19(20-8-2-6-12-24(20)39)16-29(40)31-17-27-32-21-9-3-4-10-22(21)33-27/h2-15,18H,16-17H2,1H3,(H,31,40)(H,32,33)(H,34,35,36). The van der Waals surface area contributed by atoms with Crippen molar-refractivity contribution in [1.82, 2.24) is 39.6 Å². The van der Waals surface area contributed by atoms with Gasteiger partial charge in [0.2, 0.25) is 11.9 Å². The summed E-state index contributed by atoms with van der Waals surface area (Å²) >= 11 is 0. The third-order valence-electron chi connectivity index (χ3n) is 6.96. The fourth-order valence-corrected chi connectivity index (χ4v) is 4.98. The molecule has 3 N–H and O–H groups in total. The molecule has 40 heavy (non-hydrogen) atoms. The van der Waals surface area contributed by atoms with Crippen LogP contribution in [0.1, 0.15) is 11.4 Å². The maximum absolute atomic E-state index is 12.9. The number of H-pyrrole nitrogens is 1. The van der Waals surface area contributed by atoms with Crippen molar-refractivity contribution in [2.24, 2.45) is 7.05 Å². The predicted molar refractivity (Wildman–Crippen MR) is 155 cm³/mol. The van der Waals surface area contributed by atoms with Gasteiger partial charge in [0.25, 0.3) is 0 Å². The number of aryl methyl sites for hydroxylation is 1. The molecule has 0 spiro atoms. The fraction of sp³-hybridized carbons (Fsp3) is 0.100. The van der Waals surface area contributed by atoms with Gasteiger partial charge in [-0.05, 0) is 48.0 Å². The highest BCUT2D eigenvalue weighted by atomic mass is 16.1. The molecular weight excluding hydrogens is 502 g/mol. The maximum Gasteiger partial charge on any atom is 0.224 e. The fourth-order valence-electron chi connectivity index (χ4n) is 4.98. The number of hydrogen-bond donors (Lipinski definition) is 3. The Kier molecular flexibility index (Phi) is 5.70. The van der Waals surface area contributed by atoms with Crippen molar-refractivity contribution < 1.29 is 4.79 Å². The number of para-hydroxylation sites is 5. The van der Waals surface area contributed by atoms with Crippen molar-refractivity contribution in [3.05, 3.63) is 103 Å². The lowest BCUT2D eigenvalue weighted by molar-refractivity contribution is -0.120. The molecule has 0 radical (unpaired) electrons. The molecule has 0 saturated heterocycles. The lowest BCUT2D eigenvalue weighted by Gasteiger charge is -2.07. The third kappa shape index (κ3) is 4.31. The van der Waals surface area contributed by atoms with Crippen LogP contribution in [-0.2, 0) is 24.8 Å². The number of rotatable bonds is 7. The quantitative estimate of drug-likeness (QED) is 0.274. The summed E-state index contributed by atoms with van der Waals surface area (Å²) in [7, 11) is 1.96. The Labute approximate surface area is 228 Å². The van der Waals surface area contributed by atoms with E-state index in [-0.39, 0.29) is 12.3 Å². The molecule has 196 valence electrons. The van der Waals surface area contributed by atoms with Crippen LogP contribution in [-0.4, -0.2) is 40.2 Å². The molecule has 1 amide bonds. The minimum Gasteiger partial charge on any atom is -0.349 e. The summed E-state index contributed by atoms with van der Waals surface area (Å²) in [6.07, 6.45) is 2.18. The van der Waals surface area contributed by atoms with Gasteiger partial charge in [0.05, 0.1) is 40.5 Å². The lowest BCUT2D eigenvalue weighted by Crippen LogP contribution is -2.25. The summed E-state index contributed by atoms with van der Waals surface area (Å²) in [6.45, 7) is 0.331. The van der Waals surface area contributed by atoms with E-state index in [1.54, 1.807) is 0 Å². The van der Waals surface area contributed by atoms with Gasteiger partial charge in [0.15, 0.2) is 11.6 Å². The van der Waals surface area contributed by atoms with E-state index < -0.39 is 0 Å². The van der Waals surface area contributed by atoms with E-state index in [4.69, 9.17) is 0 Å². The Bertz CT molecular complexity index is 1970. The molecule has 10 nitrogen and oxygen atoms in total. The monoisotopic (exact) mass is 527 g/mol. The largest absolute Gasteiger partial charge is 0.349 e. The summed E-state index contributed by atoms with van der Waals surface area (Å²) < 4.78 is 3.94. The van der Waals surface area contributed by atoms with Crippen molar-refractivity contribution >= 4 is 50.6 Å². The summed E-state index contributed by atoms with van der Waals surface area (Å²) in [5, 5.41) is 16.1. The summed E-state index contributed by atoms with van der Waals surface area (Å²) in [5.41, 5.74) is 5.62. The van der Waals surface area contributed by atoms with Gasteiger partial charge in [0.1, 0.15) is 5.82 Å². The number of hydrogen-bond acceptors (Lipinski definition) is 6. The minimum absolute atomic E-state index is 0.0866. The van der Waals surface area contributed by atoms with Crippen LogP contribution in [0.2, 0.25) is 0 Å². The topological polar surface area (TPSA) is 118 Å². The minimum atomic E-state index is -0.0866. The van der Waals surface area contributed by atoms with Crippen LogP contribution in [0, 0.1) is 0 Å². The van der Waals surface area contributed by atoms with Crippen LogP contribution in [0.15, 0.2) is 91.1 Å². The zero-order valence-corrected chi connectivity index (χ0v) is 21.7. The Morgan fingerprint density at radius 3 is 2.42 bits per heavy atom. The number of nitrogens with one attached hydrogen (secondary N) is 3. The third-order valence-corrected chi connectivity index (χ3v) is 6.96. The SMILES string of the molecule is Cn1c(Nc2ccc(-n3cc(CC(=O)NCc4nc5ccccc5[nH]4)c4ccccc43)nn2)nc2ccccc21. The molecule has 0 saturated carbocycles. The maximum atomic E-state index is 12.9. The molecule has 4 aromatic heterocycles. The second kappa shape index (κ2) is 9.66. The highest BCUT2D eigenvalue weighted by Crippen LogP contribution is 2.25. The average molecular weight is 528 g/mol. The average Bonchev–Trinajstić information content (AvgIpc) is 3.66. The van der Waals surface area contributed by atoms with Crippen molar-refractivity contribution in [3.63, 3.8) is 0 Å². The van der Waals surface area contributed by atoms with Crippen LogP contribution >= 0.6 is 0 Å².